The molecule has 2 atom stereocenters. The molecule has 1 saturated heterocycles. The Labute approximate surface area is 175 Å². The first-order chi connectivity index (χ1) is 14.3. The Morgan fingerprint density at radius 1 is 1.33 bits per heavy atom. The molecular weight excluding hydrogens is 415 g/mol. The zero-order valence-electron chi connectivity index (χ0n) is 16.2. The Balaban J connectivity index is 1.61. The standard InChI is InChI=1S/C20H20F3N5OS/c1-13(28-8-6-24-12-28)19(29)27-7-2-4-14(11-27)18-25-15(16-5-3-9-30-16)10-17(26-18)20(21,22)23/h3,5-6,8-10,12-14H,2,4,7,11H2,1H3/t13-,14+/m0/s1. The molecule has 6 nitrogen and oxygen atoms in total. The van der Waals surface area contributed by atoms with Gasteiger partial charge in [0.2, 0.25) is 5.91 Å². The summed E-state index contributed by atoms with van der Waals surface area (Å²) in [7, 11) is 0. The van der Waals surface area contributed by atoms with Crippen molar-refractivity contribution in [1.29, 1.82) is 0 Å². The van der Waals surface area contributed by atoms with E-state index in [1.165, 1.54) is 11.3 Å². The summed E-state index contributed by atoms with van der Waals surface area (Å²) in [5, 5.41) is 1.79. The fraction of sp³-hybridized carbons (Fsp3) is 0.400. The summed E-state index contributed by atoms with van der Waals surface area (Å²) < 4.78 is 42.1. The van der Waals surface area contributed by atoms with Crippen molar-refractivity contribution in [3.63, 3.8) is 0 Å². The molecule has 3 aromatic heterocycles. The molecule has 0 unspecified atom stereocenters. The van der Waals surface area contributed by atoms with Crippen LogP contribution in [0.25, 0.3) is 10.6 Å². The second kappa shape index (κ2) is 8.17. The van der Waals surface area contributed by atoms with Crippen LogP contribution in [0.5, 0.6) is 0 Å². The van der Waals surface area contributed by atoms with E-state index in [0.717, 1.165) is 6.07 Å². The highest BCUT2D eigenvalue weighted by molar-refractivity contribution is 7.13. The van der Waals surface area contributed by atoms with Crippen molar-refractivity contribution >= 4 is 17.2 Å². The predicted octanol–water partition coefficient (Wildman–Crippen LogP) is 4.39. The molecule has 30 heavy (non-hydrogen) atoms. The summed E-state index contributed by atoms with van der Waals surface area (Å²) in [6.45, 7) is 2.64. The normalized spacial score (nSPS) is 18.4. The largest absolute Gasteiger partial charge is 0.433 e. The molecule has 1 aliphatic rings. The zero-order chi connectivity index (χ0) is 21.3. The highest BCUT2D eigenvalue weighted by Crippen LogP contribution is 2.34. The number of hydrogen-bond donors (Lipinski definition) is 0. The van der Waals surface area contributed by atoms with Gasteiger partial charge >= 0.3 is 6.18 Å². The molecule has 1 fully saturated rings. The number of carbonyl (C=O) groups excluding carboxylic acids is 1. The van der Waals surface area contributed by atoms with Crippen LogP contribution in [-0.2, 0) is 11.0 Å². The molecule has 1 amide bonds. The van der Waals surface area contributed by atoms with Gasteiger partial charge in [0.25, 0.3) is 0 Å². The Hall–Kier alpha value is -2.75. The topological polar surface area (TPSA) is 63.9 Å². The van der Waals surface area contributed by atoms with Gasteiger partial charge in [0, 0.05) is 31.4 Å². The van der Waals surface area contributed by atoms with Gasteiger partial charge in [-0.3, -0.25) is 4.79 Å². The molecule has 0 saturated carbocycles. The van der Waals surface area contributed by atoms with Crippen molar-refractivity contribution in [3.8, 4) is 10.6 Å². The van der Waals surface area contributed by atoms with Crippen molar-refractivity contribution in [2.75, 3.05) is 13.1 Å². The Kier molecular flexibility index (Phi) is 5.59. The lowest BCUT2D eigenvalue weighted by atomic mass is 9.96. The van der Waals surface area contributed by atoms with Crippen LogP contribution in [0, 0.1) is 0 Å². The second-order valence-electron chi connectivity index (χ2n) is 7.28. The number of aromatic nitrogens is 4. The van der Waals surface area contributed by atoms with Crippen LogP contribution in [0.1, 0.15) is 43.2 Å². The highest BCUT2D eigenvalue weighted by Gasteiger charge is 2.36. The molecule has 4 heterocycles. The number of thiophene rings is 1. The van der Waals surface area contributed by atoms with Crippen LogP contribution in [0.4, 0.5) is 13.2 Å². The van der Waals surface area contributed by atoms with Gasteiger partial charge < -0.3 is 9.47 Å². The molecule has 0 bridgehead atoms. The average molecular weight is 435 g/mol. The maximum absolute atomic E-state index is 13.5. The first-order valence-electron chi connectivity index (χ1n) is 9.59. The van der Waals surface area contributed by atoms with Gasteiger partial charge in [-0.1, -0.05) is 6.07 Å². The first kappa shape index (κ1) is 20.5. The summed E-state index contributed by atoms with van der Waals surface area (Å²) in [5.41, 5.74) is -0.691. The lowest BCUT2D eigenvalue weighted by Gasteiger charge is -2.34. The van der Waals surface area contributed by atoms with E-state index in [-0.39, 0.29) is 23.3 Å². The van der Waals surface area contributed by atoms with Crippen molar-refractivity contribution in [1.82, 2.24) is 24.4 Å². The van der Waals surface area contributed by atoms with Crippen LogP contribution in [-0.4, -0.2) is 43.4 Å². The third-order valence-corrected chi connectivity index (χ3v) is 6.13. The Morgan fingerprint density at radius 3 is 2.83 bits per heavy atom. The number of rotatable bonds is 4. The van der Waals surface area contributed by atoms with Gasteiger partial charge in [0.1, 0.15) is 17.6 Å². The van der Waals surface area contributed by atoms with Crippen molar-refractivity contribution in [2.45, 2.75) is 37.9 Å². The smallest absolute Gasteiger partial charge is 0.340 e. The summed E-state index contributed by atoms with van der Waals surface area (Å²) in [6.07, 6.45) is 1.64. The number of halogens is 3. The molecular formula is C20H20F3N5OS. The van der Waals surface area contributed by atoms with Crippen molar-refractivity contribution in [2.24, 2.45) is 0 Å². The molecule has 10 heteroatoms. The number of nitrogens with zero attached hydrogens (tertiary/aromatic N) is 5. The lowest BCUT2D eigenvalue weighted by Crippen LogP contribution is -2.42. The van der Waals surface area contributed by atoms with Gasteiger partial charge in [-0.05, 0) is 37.3 Å². The maximum atomic E-state index is 13.5. The van der Waals surface area contributed by atoms with Crippen LogP contribution in [0.15, 0.2) is 42.3 Å². The van der Waals surface area contributed by atoms with E-state index in [2.05, 4.69) is 15.0 Å². The highest BCUT2D eigenvalue weighted by atomic mass is 32.1. The molecule has 1 aliphatic heterocycles. The fourth-order valence-electron chi connectivity index (χ4n) is 3.62. The van der Waals surface area contributed by atoms with Gasteiger partial charge in [0.15, 0.2) is 0 Å². The number of carbonyl (C=O) groups is 1. The summed E-state index contributed by atoms with van der Waals surface area (Å²) >= 11 is 1.33. The van der Waals surface area contributed by atoms with Crippen LogP contribution < -0.4 is 0 Å². The monoisotopic (exact) mass is 435 g/mol. The number of piperidine rings is 1. The molecule has 3 aromatic rings. The number of alkyl halides is 3. The molecule has 0 N–H and O–H groups in total. The third-order valence-electron chi connectivity index (χ3n) is 5.24. The van der Waals surface area contributed by atoms with Gasteiger partial charge in [-0.25, -0.2) is 15.0 Å². The predicted molar refractivity (Wildman–Crippen MR) is 106 cm³/mol. The number of amides is 1. The Morgan fingerprint density at radius 2 is 2.17 bits per heavy atom. The quantitative estimate of drug-likeness (QED) is 0.610. The van der Waals surface area contributed by atoms with Crippen LogP contribution in [0.2, 0.25) is 0 Å². The van der Waals surface area contributed by atoms with Gasteiger partial charge in [-0.2, -0.15) is 13.2 Å². The number of imidazole rings is 1. The van der Waals surface area contributed by atoms with E-state index in [1.807, 2.05) is 0 Å². The average Bonchev–Trinajstić information content (AvgIpc) is 3.46. The third kappa shape index (κ3) is 4.23. The minimum Gasteiger partial charge on any atom is -0.340 e. The molecule has 0 aliphatic carbocycles. The Bertz CT molecular complexity index is 1000. The zero-order valence-corrected chi connectivity index (χ0v) is 17.0. The summed E-state index contributed by atoms with van der Waals surface area (Å²) in [6, 6.07) is 4.06. The van der Waals surface area contributed by atoms with E-state index < -0.39 is 17.9 Å². The van der Waals surface area contributed by atoms with Crippen LogP contribution >= 0.6 is 11.3 Å². The van der Waals surface area contributed by atoms with E-state index >= 15 is 0 Å². The van der Waals surface area contributed by atoms with Gasteiger partial charge in [0.05, 0.1) is 16.9 Å². The van der Waals surface area contributed by atoms with Crippen molar-refractivity contribution < 1.29 is 18.0 Å². The number of likely N-dealkylation sites (tertiary alicyclic amines) is 1. The summed E-state index contributed by atoms with van der Waals surface area (Å²) in [5.74, 6) is -0.303. The minimum atomic E-state index is -4.57. The molecule has 158 valence electrons. The maximum Gasteiger partial charge on any atom is 0.433 e. The minimum absolute atomic E-state index is 0.0943. The van der Waals surface area contributed by atoms with E-state index in [4.69, 9.17) is 0 Å². The van der Waals surface area contributed by atoms with Gasteiger partial charge in [-0.15, -0.1) is 11.3 Å². The van der Waals surface area contributed by atoms with E-state index in [9.17, 15) is 18.0 Å². The SMILES string of the molecule is C[C@@H](C(=O)N1CCC[C@@H](c2nc(-c3cccs3)cc(C(F)(F)F)n2)C1)n1ccnc1. The molecule has 0 radical (unpaired) electrons. The van der Waals surface area contributed by atoms with E-state index in [1.54, 1.807) is 52.6 Å². The number of hydrogen-bond acceptors (Lipinski definition) is 5. The lowest BCUT2D eigenvalue weighted by molar-refractivity contribution is -0.141. The fourth-order valence-corrected chi connectivity index (χ4v) is 4.31. The van der Waals surface area contributed by atoms with E-state index in [0.29, 0.717) is 30.8 Å². The van der Waals surface area contributed by atoms with Crippen molar-refractivity contribution in [3.05, 3.63) is 53.8 Å². The molecule has 4 rings (SSSR count). The molecule has 0 spiro atoms. The summed E-state index contributed by atoms with van der Waals surface area (Å²) in [4.78, 5) is 27.5. The second-order valence-corrected chi connectivity index (χ2v) is 8.23. The van der Waals surface area contributed by atoms with Crippen LogP contribution in [0.3, 0.4) is 0 Å². The molecule has 0 aromatic carbocycles. The first-order valence-corrected chi connectivity index (χ1v) is 10.5.